The molecule has 1 N–H and O–H groups in total. The molecular weight excluding hydrogens is 282 g/mol. The van der Waals surface area contributed by atoms with Gasteiger partial charge in [0.2, 0.25) is 0 Å². The fourth-order valence-corrected chi connectivity index (χ4v) is 3.49. The summed E-state index contributed by atoms with van der Waals surface area (Å²) in [5.74, 6) is 0.691. The Morgan fingerprint density at radius 1 is 1.43 bits per heavy atom. The Morgan fingerprint density at radius 3 is 2.81 bits per heavy atom. The van der Waals surface area contributed by atoms with Crippen LogP contribution in [0.25, 0.3) is 15.6 Å². The molecule has 106 valence electrons. The molecule has 0 fully saturated rings. The molecule has 1 unspecified atom stereocenters. The molecule has 0 saturated heterocycles. The molecule has 0 aromatic heterocycles. The lowest BCUT2D eigenvalue weighted by Gasteiger charge is -2.21. The zero-order chi connectivity index (χ0) is 15.1. The van der Waals surface area contributed by atoms with E-state index in [9.17, 15) is 5.02 Å². The summed E-state index contributed by atoms with van der Waals surface area (Å²) < 4.78 is 0. The van der Waals surface area contributed by atoms with Crippen molar-refractivity contribution in [3.8, 4) is 0 Å². The SMILES string of the molecule is [C-]#[N+]c1ccc2c(C)cc3c(c2c1)C(CCl)CN3B(C)O. The van der Waals surface area contributed by atoms with E-state index in [0.29, 0.717) is 11.6 Å². The van der Waals surface area contributed by atoms with Crippen LogP contribution in [0.4, 0.5) is 11.4 Å². The van der Waals surface area contributed by atoms with E-state index >= 15 is 0 Å². The smallest absolute Gasteiger partial charge is 0.409 e. The van der Waals surface area contributed by atoms with Crippen molar-refractivity contribution in [2.45, 2.75) is 19.7 Å². The van der Waals surface area contributed by atoms with Crippen molar-refractivity contribution in [3.63, 3.8) is 0 Å². The highest BCUT2D eigenvalue weighted by Crippen LogP contribution is 2.44. The molecule has 0 radical (unpaired) electrons. The topological polar surface area (TPSA) is 27.8 Å². The number of alkyl halides is 1. The lowest BCUT2D eigenvalue weighted by atomic mass is 9.84. The first-order valence-corrected chi connectivity index (χ1v) is 7.55. The number of benzene rings is 2. The molecule has 0 amide bonds. The summed E-state index contributed by atoms with van der Waals surface area (Å²) in [6.45, 7) is 11.8. The number of nitrogens with zero attached hydrogens (tertiary/aromatic N) is 2. The van der Waals surface area contributed by atoms with Crippen molar-refractivity contribution >= 4 is 40.8 Å². The number of hydrogen-bond donors (Lipinski definition) is 1. The monoisotopic (exact) mass is 298 g/mol. The minimum atomic E-state index is -0.544. The van der Waals surface area contributed by atoms with Crippen LogP contribution < -0.4 is 4.81 Å². The lowest BCUT2D eigenvalue weighted by Crippen LogP contribution is -2.36. The van der Waals surface area contributed by atoms with Crippen LogP contribution in [0.2, 0.25) is 6.82 Å². The van der Waals surface area contributed by atoms with Gasteiger partial charge in [-0.15, -0.1) is 11.6 Å². The first-order chi connectivity index (χ1) is 10.1. The van der Waals surface area contributed by atoms with Crippen LogP contribution in [0.5, 0.6) is 0 Å². The maximum absolute atomic E-state index is 10.0. The molecule has 1 aliphatic heterocycles. The number of anilines is 1. The molecule has 1 heterocycles. The van der Waals surface area contributed by atoms with Crippen LogP contribution >= 0.6 is 11.6 Å². The summed E-state index contributed by atoms with van der Waals surface area (Å²) in [6.07, 6.45) is 0. The van der Waals surface area contributed by atoms with Crippen LogP contribution in [0.3, 0.4) is 0 Å². The second-order valence-electron chi connectivity index (χ2n) is 5.60. The van der Waals surface area contributed by atoms with Crippen LogP contribution in [-0.2, 0) is 0 Å². The Hall–Kier alpha value is -1.70. The van der Waals surface area contributed by atoms with Gasteiger partial charge in [-0.1, -0.05) is 12.1 Å². The average molecular weight is 299 g/mol. The van der Waals surface area contributed by atoms with E-state index in [1.54, 1.807) is 6.82 Å². The lowest BCUT2D eigenvalue weighted by molar-refractivity contribution is 0.569. The molecule has 2 aromatic rings. The van der Waals surface area contributed by atoms with Gasteiger partial charge in [0.1, 0.15) is 0 Å². The first kappa shape index (κ1) is 14.3. The minimum absolute atomic E-state index is 0.181. The van der Waals surface area contributed by atoms with Crippen LogP contribution in [0.15, 0.2) is 24.3 Å². The zero-order valence-electron chi connectivity index (χ0n) is 12.1. The molecule has 1 aliphatic rings. The molecule has 5 heteroatoms. The van der Waals surface area contributed by atoms with E-state index in [0.717, 1.165) is 34.1 Å². The van der Waals surface area contributed by atoms with Crippen LogP contribution in [-0.4, -0.2) is 24.5 Å². The molecule has 21 heavy (non-hydrogen) atoms. The summed E-state index contributed by atoms with van der Waals surface area (Å²) in [5, 5.41) is 12.3. The summed E-state index contributed by atoms with van der Waals surface area (Å²) in [6, 6.07) is 7.92. The number of hydrogen-bond acceptors (Lipinski definition) is 2. The van der Waals surface area contributed by atoms with Crippen molar-refractivity contribution in [1.82, 2.24) is 0 Å². The fourth-order valence-electron chi connectivity index (χ4n) is 3.24. The van der Waals surface area contributed by atoms with E-state index in [2.05, 4.69) is 17.8 Å². The van der Waals surface area contributed by atoms with Gasteiger partial charge in [0, 0.05) is 24.0 Å². The Kier molecular flexibility index (Phi) is 3.56. The number of aryl methyl sites for hydroxylation is 1. The molecule has 3 rings (SSSR count). The highest BCUT2D eigenvalue weighted by atomic mass is 35.5. The Balaban J connectivity index is 2.35. The van der Waals surface area contributed by atoms with Crippen molar-refractivity contribution in [2.24, 2.45) is 0 Å². The van der Waals surface area contributed by atoms with E-state index in [4.69, 9.17) is 18.2 Å². The highest BCUT2D eigenvalue weighted by molar-refractivity contribution is 6.54. The quantitative estimate of drug-likeness (QED) is 0.516. The highest BCUT2D eigenvalue weighted by Gasteiger charge is 2.33. The minimum Gasteiger partial charge on any atom is -0.432 e. The molecule has 0 bridgehead atoms. The molecule has 3 nitrogen and oxygen atoms in total. The van der Waals surface area contributed by atoms with Crippen molar-refractivity contribution in [2.75, 3.05) is 17.2 Å². The van der Waals surface area contributed by atoms with Gasteiger partial charge in [-0.2, -0.15) is 0 Å². The third kappa shape index (κ3) is 2.17. The average Bonchev–Trinajstić information content (AvgIpc) is 2.85. The molecule has 2 aromatic carbocycles. The van der Waals surface area contributed by atoms with Gasteiger partial charge in [0.05, 0.1) is 6.57 Å². The first-order valence-electron chi connectivity index (χ1n) is 7.02. The van der Waals surface area contributed by atoms with Gasteiger partial charge in [-0.25, -0.2) is 4.85 Å². The van der Waals surface area contributed by atoms with Gasteiger partial charge in [0.25, 0.3) is 0 Å². The molecular formula is C16H16BClN2O. The van der Waals surface area contributed by atoms with Crippen LogP contribution in [0, 0.1) is 13.5 Å². The Labute approximate surface area is 130 Å². The normalized spacial score (nSPS) is 16.9. The Bertz CT molecular complexity index is 754. The summed E-state index contributed by atoms with van der Waals surface area (Å²) >= 11 is 6.15. The standard InChI is InChI=1S/C16H16BClN2O/c1-10-6-15-16(11(8-18)9-20(15)17(2)21)14-7-12(19-3)4-5-13(10)14/h4-7,11,21H,8-9H2,1-2H3. The third-order valence-electron chi connectivity index (χ3n) is 4.25. The third-order valence-corrected chi connectivity index (χ3v) is 4.62. The second-order valence-corrected chi connectivity index (χ2v) is 5.91. The van der Waals surface area contributed by atoms with Crippen LogP contribution in [0.1, 0.15) is 17.0 Å². The predicted molar refractivity (Wildman–Crippen MR) is 89.6 cm³/mol. The number of fused-ring (bicyclic) bond motifs is 3. The summed E-state index contributed by atoms with van der Waals surface area (Å²) in [7, 11) is -0.544. The molecule has 0 saturated carbocycles. The fraction of sp³-hybridized carbons (Fsp3) is 0.312. The maximum atomic E-state index is 10.0. The Morgan fingerprint density at radius 2 is 2.19 bits per heavy atom. The van der Waals surface area contributed by atoms with Crippen molar-refractivity contribution in [1.29, 1.82) is 0 Å². The van der Waals surface area contributed by atoms with E-state index in [1.165, 1.54) is 0 Å². The molecule has 0 spiro atoms. The molecule has 1 atom stereocenters. The van der Waals surface area contributed by atoms with Gasteiger partial charge < -0.3 is 9.83 Å². The van der Waals surface area contributed by atoms with Gasteiger partial charge >= 0.3 is 7.05 Å². The van der Waals surface area contributed by atoms with Gasteiger partial charge in [-0.05, 0) is 47.8 Å². The van der Waals surface area contributed by atoms with E-state index in [-0.39, 0.29) is 5.92 Å². The zero-order valence-corrected chi connectivity index (χ0v) is 12.9. The summed E-state index contributed by atoms with van der Waals surface area (Å²) in [4.78, 5) is 5.52. The largest absolute Gasteiger partial charge is 0.432 e. The maximum Gasteiger partial charge on any atom is 0.409 e. The predicted octanol–water partition coefficient (Wildman–Crippen LogP) is 3.95. The summed E-state index contributed by atoms with van der Waals surface area (Å²) in [5.41, 5.74) is 4.00. The number of rotatable bonds is 2. The number of halogens is 1. The van der Waals surface area contributed by atoms with Gasteiger partial charge in [0.15, 0.2) is 5.69 Å². The van der Waals surface area contributed by atoms with Crippen molar-refractivity contribution < 1.29 is 5.02 Å². The second kappa shape index (κ2) is 5.25. The van der Waals surface area contributed by atoms with Gasteiger partial charge in [-0.3, -0.25) is 0 Å². The van der Waals surface area contributed by atoms with E-state index < -0.39 is 7.05 Å². The molecule has 0 aliphatic carbocycles. The van der Waals surface area contributed by atoms with E-state index in [1.807, 2.05) is 23.0 Å². The van der Waals surface area contributed by atoms with Crippen molar-refractivity contribution in [3.05, 3.63) is 46.8 Å².